The fourth-order valence-electron chi connectivity index (χ4n) is 8.40. The highest BCUT2D eigenvalue weighted by Crippen LogP contribution is 2.67. The lowest BCUT2D eigenvalue weighted by atomic mass is 9.47. The molecular weight excluding hydrogens is 507 g/mol. The summed E-state index contributed by atoms with van der Waals surface area (Å²) in [6.45, 7) is 19.9. The van der Waals surface area contributed by atoms with Gasteiger partial charge in [-0.15, -0.1) is 0 Å². The number of alkyl halides is 1. The summed E-state index contributed by atoms with van der Waals surface area (Å²) in [5.74, 6) is 4.69. The van der Waals surface area contributed by atoms with Gasteiger partial charge in [0, 0.05) is 10.5 Å². The van der Waals surface area contributed by atoms with E-state index in [-0.39, 0.29) is 0 Å². The number of hydrogen-bond donors (Lipinski definition) is 0. The lowest BCUT2D eigenvalue weighted by Gasteiger charge is -2.59. The molecule has 31 heavy (non-hydrogen) atoms. The first kappa shape index (κ1) is 24.8. The van der Waals surface area contributed by atoms with Gasteiger partial charge < -0.3 is 4.43 Å². The molecule has 0 N–H and O–H groups in total. The topological polar surface area (TPSA) is 9.23 Å². The summed E-state index contributed by atoms with van der Waals surface area (Å²) in [4.78, 5) is 0. The van der Waals surface area contributed by atoms with Crippen LogP contribution in [-0.4, -0.2) is 18.8 Å². The second-order valence-electron chi connectivity index (χ2n) is 13.9. The molecule has 3 heteroatoms. The lowest BCUT2D eigenvalue weighted by molar-refractivity contribution is -0.0543. The monoisotopic (exact) mass is 556 g/mol. The van der Waals surface area contributed by atoms with Crippen LogP contribution in [0.4, 0.5) is 0 Å². The summed E-state index contributed by atoms with van der Waals surface area (Å²) in [5, 5.41) is 0.307. The molecule has 4 rings (SSSR count). The van der Waals surface area contributed by atoms with E-state index in [1.165, 1.54) is 55.8 Å². The maximum absolute atomic E-state index is 6.91. The van der Waals surface area contributed by atoms with Crippen molar-refractivity contribution in [3.8, 4) is 0 Å². The van der Waals surface area contributed by atoms with Gasteiger partial charge in [0.15, 0.2) is 8.32 Å². The van der Waals surface area contributed by atoms with E-state index in [1.807, 2.05) is 0 Å². The van der Waals surface area contributed by atoms with E-state index in [1.54, 1.807) is 5.57 Å². The largest absolute Gasteiger partial charge is 0.414 e. The summed E-state index contributed by atoms with van der Waals surface area (Å²) in [5.41, 5.74) is 2.84. The van der Waals surface area contributed by atoms with Gasteiger partial charge in [0.25, 0.3) is 0 Å². The zero-order valence-corrected chi connectivity index (χ0v) is 24.8. The number of hydrogen-bond acceptors (Lipinski definition) is 1. The molecule has 2 unspecified atom stereocenters. The maximum atomic E-state index is 6.91. The van der Waals surface area contributed by atoms with E-state index < -0.39 is 8.32 Å². The third-order valence-electron chi connectivity index (χ3n) is 11.3. The summed E-state index contributed by atoms with van der Waals surface area (Å²) >= 11 is 2.63. The molecule has 178 valence electrons. The molecule has 4 aliphatic rings. The van der Waals surface area contributed by atoms with Gasteiger partial charge in [-0.25, -0.2) is 0 Å². The van der Waals surface area contributed by atoms with Crippen LogP contribution in [0.3, 0.4) is 0 Å². The SMILES string of the molecule is C[C@H](CI)[C@H]1CC[C@H]2[C@@H]3CC=C4CC(O[Si](C)(C)C(C)(C)C)CC[C@]4(C)C3CC[C@]12C. The van der Waals surface area contributed by atoms with Gasteiger partial charge in [-0.3, -0.25) is 0 Å². The van der Waals surface area contributed by atoms with Gasteiger partial charge in [0.1, 0.15) is 0 Å². The predicted molar refractivity (Wildman–Crippen MR) is 145 cm³/mol. The second kappa shape index (κ2) is 8.39. The van der Waals surface area contributed by atoms with Crippen molar-refractivity contribution < 1.29 is 4.43 Å². The Morgan fingerprint density at radius 3 is 2.45 bits per heavy atom. The highest BCUT2D eigenvalue weighted by atomic mass is 127. The first-order chi connectivity index (χ1) is 14.3. The van der Waals surface area contributed by atoms with Gasteiger partial charge in [-0.1, -0.05) is 75.8 Å². The Bertz CT molecular complexity index is 708. The Morgan fingerprint density at radius 2 is 1.81 bits per heavy atom. The first-order valence-corrected chi connectivity index (χ1v) is 17.7. The number of allylic oxidation sites excluding steroid dienone is 1. The van der Waals surface area contributed by atoms with Crippen molar-refractivity contribution in [1.29, 1.82) is 0 Å². The van der Waals surface area contributed by atoms with Crippen molar-refractivity contribution in [3.63, 3.8) is 0 Å². The standard InChI is InChI=1S/C28H49IOSi/c1-19(18-29)23-11-12-24-22-10-9-20-17-21(30-31(7,8)26(2,3)4)13-15-27(20,5)25(22)14-16-28(23,24)6/h9,19,21-25H,10-18H2,1-8H3/t19-,21?,22+,23-,24+,25?,27+,28-/m1/s1. The van der Waals surface area contributed by atoms with Crippen LogP contribution >= 0.6 is 22.6 Å². The molecule has 0 amide bonds. The maximum Gasteiger partial charge on any atom is 0.192 e. The Labute approximate surface area is 208 Å². The van der Waals surface area contributed by atoms with Crippen molar-refractivity contribution in [2.45, 2.75) is 117 Å². The molecule has 0 aromatic heterocycles. The first-order valence-electron chi connectivity index (χ1n) is 13.3. The Kier molecular flexibility index (Phi) is 6.71. The van der Waals surface area contributed by atoms with E-state index in [0.29, 0.717) is 22.0 Å². The molecule has 4 aliphatic carbocycles. The van der Waals surface area contributed by atoms with Crippen LogP contribution in [0.1, 0.15) is 92.9 Å². The van der Waals surface area contributed by atoms with Crippen LogP contribution in [-0.2, 0) is 4.43 Å². The second-order valence-corrected chi connectivity index (χ2v) is 19.5. The quantitative estimate of drug-likeness (QED) is 0.145. The summed E-state index contributed by atoms with van der Waals surface area (Å²) in [7, 11) is -1.69. The lowest BCUT2D eigenvalue weighted by Crippen LogP contribution is -2.52. The van der Waals surface area contributed by atoms with Gasteiger partial charge in [0.2, 0.25) is 0 Å². The van der Waals surface area contributed by atoms with Gasteiger partial charge in [-0.05, 0) is 110 Å². The molecule has 0 bridgehead atoms. The fourth-order valence-corrected chi connectivity index (χ4v) is 10.4. The molecular formula is C28H49IOSi. The number of fused-ring (bicyclic) bond motifs is 5. The number of halogens is 1. The van der Waals surface area contributed by atoms with Crippen LogP contribution in [0.2, 0.25) is 18.1 Å². The minimum atomic E-state index is -1.69. The zero-order chi connectivity index (χ0) is 22.8. The molecule has 8 atom stereocenters. The zero-order valence-electron chi connectivity index (χ0n) is 21.7. The molecule has 0 aliphatic heterocycles. The number of rotatable bonds is 4. The molecule has 0 spiro atoms. The molecule has 0 aromatic carbocycles. The van der Waals surface area contributed by atoms with Crippen molar-refractivity contribution >= 4 is 30.9 Å². The summed E-state index contributed by atoms with van der Waals surface area (Å²) in [6.07, 6.45) is 14.3. The molecule has 0 heterocycles. The van der Waals surface area contributed by atoms with E-state index in [9.17, 15) is 0 Å². The Morgan fingerprint density at radius 1 is 1.10 bits per heavy atom. The smallest absolute Gasteiger partial charge is 0.192 e. The van der Waals surface area contributed by atoms with Crippen LogP contribution < -0.4 is 0 Å². The van der Waals surface area contributed by atoms with E-state index in [4.69, 9.17) is 4.43 Å². The van der Waals surface area contributed by atoms with Gasteiger partial charge in [-0.2, -0.15) is 0 Å². The van der Waals surface area contributed by atoms with Gasteiger partial charge in [0.05, 0.1) is 0 Å². The average molecular weight is 557 g/mol. The third kappa shape index (κ3) is 4.07. The van der Waals surface area contributed by atoms with Crippen LogP contribution in [0.5, 0.6) is 0 Å². The fraction of sp³-hybridized carbons (Fsp3) is 0.929. The molecule has 0 saturated heterocycles. The normalized spacial score (nSPS) is 44.2. The molecule has 3 fully saturated rings. The summed E-state index contributed by atoms with van der Waals surface area (Å²) < 4.78 is 8.24. The molecule has 3 saturated carbocycles. The van der Waals surface area contributed by atoms with Crippen molar-refractivity contribution in [3.05, 3.63) is 11.6 Å². The van der Waals surface area contributed by atoms with Crippen molar-refractivity contribution in [1.82, 2.24) is 0 Å². The predicted octanol–water partition coefficient (Wildman–Crippen LogP) is 9.03. The minimum absolute atomic E-state index is 0.307. The minimum Gasteiger partial charge on any atom is -0.414 e. The Balaban J connectivity index is 1.52. The van der Waals surface area contributed by atoms with Crippen LogP contribution in [0.15, 0.2) is 11.6 Å². The molecule has 1 nitrogen and oxygen atoms in total. The average Bonchev–Trinajstić information content (AvgIpc) is 3.04. The molecule has 0 aromatic rings. The Hall–Kier alpha value is 0.647. The highest BCUT2D eigenvalue weighted by molar-refractivity contribution is 14.1. The third-order valence-corrected chi connectivity index (χ3v) is 17.3. The van der Waals surface area contributed by atoms with Crippen LogP contribution in [0.25, 0.3) is 0 Å². The van der Waals surface area contributed by atoms with Crippen molar-refractivity contribution in [2.75, 3.05) is 4.43 Å². The molecule has 0 radical (unpaired) electrons. The van der Waals surface area contributed by atoms with Crippen LogP contribution in [0, 0.1) is 40.4 Å². The summed E-state index contributed by atoms with van der Waals surface area (Å²) in [6, 6.07) is 0. The van der Waals surface area contributed by atoms with E-state index in [2.05, 4.69) is 83.3 Å². The van der Waals surface area contributed by atoms with Crippen molar-refractivity contribution in [2.24, 2.45) is 40.4 Å². The van der Waals surface area contributed by atoms with E-state index >= 15 is 0 Å². The highest BCUT2D eigenvalue weighted by Gasteiger charge is 2.59. The van der Waals surface area contributed by atoms with E-state index in [0.717, 1.165) is 29.6 Å². The van der Waals surface area contributed by atoms with Gasteiger partial charge >= 0.3 is 0 Å².